The van der Waals surface area contributed by atoms with Crippen LogP contribution in [0.1, 0.15) is 18.9 Å². The van der Waals surface area contributed by atoms with Crippen molar-refractivity contribution >= 4 is 28.9 Å². The van der Waals surface area contributed by atoms with Gasteiger partial charge < -0.3 is 25.0 Å². The zero-order valence-corrected chi connectivity index (χ0v) is 18.5. The Hall–Kier alpha value is -0.640. The Kier molecular flexibility index (Phi) is 10.4. The molecule has 1 aliphatic heterocycles. The lowest BCUT2D eigenvalue weighted by Gasteiger charge is -2.43. The van der Waals surface area contributed by atoms with E-state index in [0.717, 1.165) is 31.6 Å². The fourth-order valence-electron chi connectivity index (χ4n) is 3.48. The van der Waals surface area contributed by atoms with Crippen LogP contribution in [0.25, 0.3) is 0 Å². The van der Waals surface area contributed by atoms with Crippen LogP contribution in [0.15, 0.2) is 24.3 Å². The molecule has 1 aliphatic rings. The lowest BCUT2D eigenvalue weighted by atomic mass is 9.99. The predicted molar refractivity (Wildman–Crippen MR) is 114 cm³/mol. The third-order valence-electron chi connectivity index (χ3n) is 5.20. The van der Waals surface area contributed by atoms with Crippen molar-refractivity contribution in [3.05, 3.63) is 29.8 Å². The van der Waals surface area contributed by atoms with Gasteiger partial charge in [0, 0.05) is 37.1 Å². The van der Waals surface area contributed by atoms with Crippen molar-refractivity contribution in [2.45, 2.75) is 50.4 Å². The molecule has 1 aromatic carbocycles. The Bertz CT molecular complexity index is 589. The number of hydrogen-bond donors (Lipinski definition) is 3. The van der Waals surface area contributed by atoms with Crippen molar-refractivity contribution in [3.63, 3.8) is 0 Å². The Morgan fingerprint density at radius 1 is 0.966 bits per heavy atom. The summed E-state index contributed by atoms with van der Waals surface area (Å²) < 4.78 is 5.64. The lowest BCUT2D eigenvalue weighted by Crippen LogP contribution is -2.61. The maximum atomic E-state index is 10.2. The topological polar surface area (TPSA) is 85.6 Å². The van der Waals surface area contributed by atoms with Gasteiger partial charge >= 0.3 is 0 Å². The van der Waals surface area contributed by atoms with Crippen LogP contribution < -0.4 is 4.90 Å². The van der Waals surface area contributed by atoms with Crippen molar-refractivity contribution in [2.24, 2.45) is 0 Å². The summed E-state index contributed by atoms with van der Waals surface area (Å²) in [7, 11) is 1.50. The highest BCUT2D eigenvalue weighted by molar-refractivity contribution is 6.18. The first kappa shape index (κ1) is 24.6. The molecule has 0 aromatic heterocycles. The summed E-state index contributed by atoms with van der Waals surface area (Å²) in [6.07, 6.45) is -3.53. The van der Waals surface area contributed by atoms with E-state index in [1.165, 1.54) is 17.7 Å². The van der Waals surface area contributed by atoms with Crippen LogP contribution in [0.3, 0.4) is 0 Å². The Balaban J connectivity index is 1.89. The van der Waals surface area contributed by atoms with Gasteiger partial charge in [-0.25, -0.2) is 0 Å². The first-order chi connectivity index (χ1) is 13.9. The molecule has 9 heteroatoms. The van der Waals surface area contributed by atoms with Gasteiger partial charge in [0.2, 0.25) is 0 Å². The zero-order valence-electron chi connectivity index (χ0n) is 17.0. The van der Waals surface area contributed by atoms with Gasteiger partial charge in [-0.3, -0.25) is 4.84 Å². The molecule has 166 valence electrons. The number of ether oxygens (including phenoxy) is 1. The molecule has 0 amide bonds. The van der Waals surface area contributed by atoms with Crippen molar-refractivity contribution in [3.8, 4) is 0 Å². The van der Waals surface area contributed by atoms with Gasteiger partial charge in [0.05, 0.1) is 13.2 Å². The number of nitrogens with zero attached hydrogens (tertiary/aromatic N) is 2. The number of anilines is 1. The van der Waals surface area contributed by atoms with Crippen LogP contribution in [-0.4, -0.2) is 89.5 Å². The fourth-order valence-corrected chi connectivity index (χ4v) is 3.88. The second kappa shape index (κ2) is 12.3. The van der Waals surface area contributed by atoms with Gasteiger partial charge in [-0.2, -0.15) is 5.06 Å². The van der Waals surface area contributed by atoms with E-state index in [-0.39, 0.29) is 0 Å². The van der Waals surface area contributed by atoms with Gasteiger partial charge in [0.15, 0.2) is 6.23 Å². The molecule has 2 rings (SSSR count). The van der Waals surface area contributed by atoms with Crippen LogP contribution in [0.2, 0.25) is 0 Å². The molecule has 0 unspecified atom stereocenters. The van der Waals surface area contributed by atoms with E-state index in [2.05, 4.69) is 29.2 Å². The first-order valence-electron chi connectivity index (χ1n) is 9.89. The molecule has 0 spiro atoms. The molecule has 29 heavy (non-hydrogen) atoms. The van der Waals surface area contributed by atoms with Gasteiger partial charge in [-0.05, 0) is 37.5 Å². The fraction of sp³-hybridized carbons (Fsp3) is 0.700. The summed E-state index contributed by atoms with van der Waals surface area (Å²) in [5.74, 6) is 1.09. The molecule has 7 nitrogen and oxygen atoms in total. The molecule has 0 bridgehead atoms. The zero-order chi connectivity index (χ0) is 21.4. The lowest BCUT2D eigenvalue weighted by molar-refractivity contribution is -0.322. The standard InChI is InChI=1S/C20H32Cl2N2O5/c1-14-17(25)18(26)19(27)20(29-14)24(28-2)11-3-4-15-5-7-16(8-6-15)23(12-9-21)13-10-22/h5-8,14,17-20,25-27H,3-4,9-13H2,1-2H3/t14-,17-,18+,19-,20-/m1/s1. The Morgan fingerprint density at radius 3 is 2.14 bits per heavy atom. The summed E-state index contributed by atoms with van der Waals surface area (Å²) in [6, 6.07) is 8.29. The number of aliphatic hydroxyl groups excluding tert-OH is 3. The van der Waals surface area contributed by atoms with Gasteiger partial charge in [0.1, 0.15) is 18.3 Å². The number of hydrogen-bond acceptors (Lipinski definition) is 7. The molecular weight excluding hydrogens is 419 g/mol. The quantitative estimate of drug-likeness (QED) is 0.348. The average Bonchev–Trinajstić information content (AvgIpc) is 2.73. The highest BCUT2D eigenvalue weighted by atomic mass is 35.5. The van der Waals surface area contributed by atoms with Crippen LogP contribution >= 0.6 is 23.2 Å². The van der Waals surface area contributed by atoms with E-state index in [0.29, 0.717) is 18.3 Å². The summed E-state index contributed by atoms with van der Waals surface area (Å²) in [6.45, 7) is 3.65. The summed E-state index contributed by atoms with van der Waals surface area (Å²) in [5, 5.41) is 31.6. The van der Waals surface area contributed by atoms with E-state index in [1.807, 2.05) is 0 Å². The van der Waals surface area contributed by atoms with Crippen molar-refractivity contribution in [2.75, 3.05) is 43.4 Å². The van der Waals surface area contributed by atoms with Crippen molar-refractivity contribution in [1.82, 2.24) is 5.06 Å². The smallest absolute Gasteiger partial charge is 0.161 e. The van der Waals surface area contributed by atoms with Gasteiger partial charge in [-0.1, -0.05) is 12.1 Å². The monoisotopic (exact) mass is 450 g/mol. The highest BCUT2D eigenvalue weighted by Gasteiger charge is 2.44. The third kappa shape index (κ3) is 6.67. The molecule has 1 aromatic rings. The minimum atomic E-state index is -1.28. The number of aliphatic hydroxyl groups is 3. The second-order valence-corrected chi connectivity index (χ2v) is 7.92. The van der Waals surface area contributed by atoms with Crippen LogP contribution in [0.5, 0.6) is 0 Å². The van der Waals surface area contributed by atoms with Crippen LogP contribution in [-0.2, 0) is 16.0 Å². The number of aryl methyl sites for hydroxylation is 1. The van der Waals surface area contributed by atoms with E-state index in [4.69, 9.17) is 32.8 Å². The largest absolute Gasteiger partial charge is 0.388 e. The molecule has 1 fully saturated rings. The summed E-state index contributed by atoms with van der Waals surface area (Å²) in [5.41, 5.74) is 2.27. The molecule has 0 radical (unpaired) electrons. The number of alkyl halides is 2. The van der Waals surface area contributed by atoms with Crippen molar-refractivity contribution < 1.29 is 24.9 Å². The maximum Gasteiger partial charge on any atom is 0.161 e. The molecule has 0 aliphatic carbocycles. The van der Waals surface area contributed by atoms with E-state index < -0.39 is 30.6 Å². The normalized spacial score (nSPS) is 27.4. The maximum absolute atomic E-state index is 10.2. The molecule has 1 saturated heterocycles. The molecule has 0 saturated carbocycles. The molecule has 1 heterocycles. The van der Waals surface area contributed by atoms with E-state index in [1.54, 1.807) is 6.92 Å². The average molecular weight is 451 g/mol. The SMILES string of the molecule is CON(CCCc1ccc(N(CCCl)CCCl)cc1)[C@@H]1O[C@H](C)[C@@H](O)[C@H](O)[C@H]1O. The Labute approximate surface area is 182 Å². The minimum Gasteiger partial charge on any atom is -0.388 e. The van der Waals surface area contributed by atoms with Crippen molar-refractivity contribution in [1.29, 1.82) is 0 Å². The van der Waals surface area contributed by atoms with E-state index >= 15 is 0 Å². The molecule has 3 N–H and O–H groups in total. The first-order valence-corrected chi connectivity index (χ1v) is 11.0. The molecular formula is C20H32Cl2N2O5. The van der Waals surface area contributed by atoms with E-state index in [9.17, 15) is 15.3 Å². The van der Waals surface area contributed by atoms with Gasteiger partial charge in [0.25, 0.3) is 0 Å². The number of benzene rings is 1. The molecule has 5 atom stereocenters. The predicted octanol–water partition coefficient (Wildman–Crippen LogP) is 1.59. The number of halogens is 2. The second-order valence-electron chi connectivity index (χ2n) is 7.16. The summed E-state index contributed by atoms with van der Waals surface area (Å²) in [4.78, 5) is 7.51. The minimum absolute atomic E-state index is 0.500. The third-order valence-corrected chi connectivity index (χ3v) is 5.54. The highest BCUT2D eigenvalue weighted by Crippen LogP contribution is 2.24. The Morgan fingerprint density at radius 2 is 1.59 bits per heavy atom. The number of hydroxylamine groups is 2. The summed E-state index contributed by atoms with van der Waals surface area (Å²) >= 11 is 11.7. The van der Waals surface area contributed by atoms with Gasteiger partial charge in [-0.15, -0.1) is 23.2 Å². The van der Waals surface area contributed by atoms with Crippen LogP contribution in [0, 0.1) is 0 Å². The number of rotatable bonds is 11. The van der Waals surface area contributed by atoms with Crippen LogP contribution in [0.4, 0.5) is 5.69 Å².